The first kappa shape index (κ1) is 9.28. The molecule has 0 saturated heterocycles. The van der Waals surface area contributed by atoms with Crippen molar-refractivity contribution >= 4 is 5.95 Å². The van der Waals surface area contributed by atoms with E-state index >= 15 is 0 Å². The van der Waals surface area contributed by atoms with Gasteiger partial charge in [-0.05, 0) is 12.1 Å². The van der Waals surface area contributed by atoms with Crippen molar-refractivity contribution in [3.63, 3.8) is 0 Å². The number of aromatic amines is 1. The Kier molecular flexibility index (Phi) is 2.38. The van der Waals surface area contributed by atoms with Gasteiger partial charge >= 0.3 is 5.69 Å². The summed E-state index contributed by atoms with van der Waals surface area (Å²) in [7, 11) is 0. The quantitative estimate of drug-likeness (QED) is 0.450. The largest absolute Gasteiger partial charge is 0.349 e. The molecule has 2 heterocycles. The first-order valence-electron chi connectivity index (χ1n) is 4.15. The van der Waals surface area contributed by atoms with Crippen molar-refractivity contribution in [3.05, 3.63) is 35.0 Å². The second-order valence-corrected chi connectivity index (χ2v) is 2.71. The first-order chi connectivity index (χ1) is 7.29. The molecule has 4 N–H and O–H groups in total. The minimum absolute atomic E-state index is 0.0746. The number of aromatic nitrogens is 4. The lowest BCUT2D eigenvalue weighted by atomic mass is 10.2. The summed E-state index contributed by atoms with van der Waals surface area (Å²) >= 11 is 0. The lowest BCUT2D eigenvalue weighted by molar-refractivity contribution is 0.984. The van der Waals surface area contributed by atoms with Crippen molar-refractivity contribution in [2.75, 3.05) is 5.43 Å². The molecular weight excluding hydrogens is 196 g/mol. The summed E-state index contributed by atoms with van der Waals surface area (Å²) in [5.74, 6) is 5.59. The molecule has 0 spiro atoms. The molecule has 7 nitrogen and oxygen atoms in total. The van der Waals surface area contributed by atoms with Crippen molar-refractivity contribution < 1.29 is 0 Å². The first-order valence-corrected chi connectivity index (χ1v) is 4.15. The van der Waals surface area contributed by atoms with Crippen molar-refractivity contribution in [1.29, 1.82) is 0 Å². The Bertz CT molecular complexity index is 508. The van der Waals surface area contributed by atoms with Gasteiger partial charge < -0.3 is 0 Å². The molecule has 0 aromatic carbocycles. The number of nitrogens with zero attached hydrogens (tertiary/aromatic N) is 3. The second-order valence-electron chi connectivity index (χ2n) is 2.71. The monoisotopic (exact) mass is 204 g/mol. The topological polar surface area (TPSA) is 110 Å². The van der Waals surface area contributed by atoms with Gasteiger partial charge in [-0.25, -0.2) is 10.6 Å². The van der Waals surface area contributed by atoms with Crippen molar-refractivity contribution in [3.8, 4) is 11.4 Å². The number of nitrogens with two attached hydrogens (primary N) is 1. The lowest BCUT2D eigenvalue weighted by Crippen LogP contribution is -2.19. The van der Waals surface area contributed by atoms with Crippen molar-refractivity contribution in [1.82, 2.24) is 19.9 Å². The maximum atomic E-state index is 11.1. The number of nitrogen functional groups attached to an aromatic ring is 1. The smallest absolute Gasteiger partial charge is 0.292 e. The Balaban J connectivity index is 2.54. The average molecular weight is 204 g/mol. The molecule has 7 heteroatoms. The maximum Gasteiger partial charge on any atom is 0.349 e. The molecule has 0 aliphatic rings. The molecule has 0 aliphatic carbocycles. The van der Waals surface area contributed by atoms with Crippen LogP contribution < -0.4 is 17.0 Å². The van der Waals surface area contributed by atoms with Gasteiger partial charge in [-0.1, -0.05) is 0 Å². The van der Waals surface area contributed by atoms with E-state index in [1.165, 1.54) is 0 Å². The molecule has 2 rings (SSSR count). The van der Waals surface area contributed by atoms with Crippen molar-refractivity contribution in [2.24, 2.45) is 5.84 Å². The second kappa shape index (κ2) is 3.84. The molecule has 0 fully saturated rings. The van der Waals surface area contributed by atoms with Gasteiger partial charge in [0.25, 0.3) is 0 Å². The Morgan fingerprint density at radius 3 is 2.67 bits per heavy atom. The molecular formula is C8H8N6O. The lowest BCUT2D eigenvalue weighted by Gasteiger charge is -2.01. The van der Waals surface area contributed by atoms with Crippen LogP contribution in [0.15, 0.2) is 29.3 Å². The molecule has 0 radical (unpaired) electrons. The highest BCUT2D eigenvalue weighted by Crippen LogP contribution is 2.11. The van der Waals surface area contributed by atoms with Gasteiger partial charge in [-0.3, -0.25) is 15.4 Å². The highest BCUT2D eigenvalue weighted by atomic mass is 16.1. The van der Waals surface area contributed by atoms with Gasteiger partial charge in [0.2, 0.25) is 5.95 Å². The van der Waals surface area contributed by atoms with Crippen LogP contribution in [-0.2, 0) is 0 Å². The average Bonchev–Trinajstić information content (AvgIpc) is 2.29. The summed E-state index contributed by atoms with van der Waals surface area (Å²) in [6, 6.07) is 3.44. The van der Waals surface area contributed by atoms with Crippen LogP contribution in [-0.4, -0.2) is 19.9 Å². The molecule has 76 valence electrons. The molecule has 15 heavy (non-hydrogen) atoms. The third-order valence-electron chi connectivity index (χ3n) is 1.73. The van der Waals surface area contributed by atoms with Gasteiger partial charge in [-0.2, -0.15) is 9.97 Å². The van der Waals surface area contributed by atoms with Crippen LogP contribution in [0.3, 0.4) is 0 Å². The zero-order valence-electron chi connectivity index (χ0n) is 7.64. The Hall–Kier alpha value is -2.28. The number of rotatable bonds is 2. The number of H-pyrrole nitrogens is 1. The SMILES string of the molecule is NNc1nc(-c2ccncc2)[nH]c(=O)n1. The van der Waals surface area contributed by atoms with E-state index in [1.807, 2.05) is 0 Å². The van der Waals surface area contributed by atoms with Gasteiger partial charge in [0, 0.05) is 18.0 Å². The number of nitrogens with one attached hydrogen (secondary N) is 2. The Morgan fingerprint density at radius 1 is 1.27 bits per heavy atom. The third kappa shape index (κ3) is 1.97. The van der Waals surface area contributed by atoms with Crippen molar-refractivity contribution in [2.45, 2.75) is 0 Å². The summed E-state index contributed by atoms with van der Waals surface area (Å²) in [5.41, 5.74) is 2.45. The van der Waals surface area contributed by atoms with Crippen LogP contribution in [0, 0.1) is 0 Å². The molecule has 0 unspecified atom stereocenters. The van der Waals surface area contributed by atoms with Crippen LogP contribution in [0.4, 0.5) is 5.95 Å². The van der Waals surface area contributed by atoms with Gasteiger partial charge in [0.1, 0.15) is 5.82 Å². The number of hydrogen-bond acceptors (Lipinski definition) is 6. The number of hydrazine groups is 1. The van der Waals surface area contributed by atoms with E-state index in [1.54, 1.807) is 24.5 Å². The molecule has 2 aromatic rings. The minimum atomic E-state index is -0.509. The van der Waals surface area contributed by atoms with Crippen LogP contribution >= 0.6 is 0 Å². The van der Waals surface area contributed by atoms with E-state index in [-0.39, 0.29) is 5.95 Å². The molecule has 2 aromatic heterocycles. The normalized spacial score (nSPS) is 9.93. The van der Waals surface area contributed by atoms with Crippen LogP contribution in [0.5, 0.6) is 0 Å². The zero-order chi connectivity index (χ0) is 10.7. The molecule has 0 atom stereocenters. The highest BCUT2D eigenvalue weighted by molar-refractivity contribution is 5.54. The van der Waals surface area contributed by atoms with Crippen LogP contribution in [0.2, 0.25) is 0 Å². The fourth-order valence-electron chi connectivity index (χ4n) is 1.10. The third-order valence-corrected chi connectivity index (χ3v) is 1.73. The van der Waals surface area contributed by atoms with Gasteiger partial charge in [0.15, 0.2) is 0 Å². The van der Waals surface area contributed by atoms with E-state index in [0.29, 0.717) is 5.82 Å². The molecule has 0 amide bonds. The van der Waals surface area contributed by atoms with E-state index in [2.05, 4.69) is 25.4 Å². The number of anilines is 1. The summed E-state index contributed by atoms with van der Waals surface area (Å²) in [4.78, 5) is 25.0. The fourth-order valence-corrected chi connectivity index (χ4v) is 1.10. The Labute approximate surface area is 84.4 Å². The standard InChI is InChI=1S/C8H8N6O/c9-14-7-11-6(12-8(15)13-7)5-1-3-10-4-2-5/h1-4H,9H2,(H2,11,12,13,14,15). The summed E-state index contributed by atoms with van der Waals surface area (Å²) in [6.45, 7) is 0. The number of hydrogen-bond donors (Lipinski definition) is 3. The van der Waals surface area contributed by atoms with Crippen LogP contribution in [0.1, 0.15) is 0 Å². The maximum absolute atomic E-state index is 11.1. The highest BCUT2D eigenvalue weighted by Gasteiger charge is 2.03. The van der Waals surface area contributed by atoms with E-state index in [4.69, 9.17) is 5.84 Å². The fraction of sp³-hybridized carbons (Fsp3) is 0. The summed E-state index contributed by atoms with van der Waals surface area (Å²) < 4.78 is 0. The molecule has 0 aliphatic heterocycles. The van der Waals surface area contributed by atoms with Gasteiger partial charge in [-0.15, -0.1) is 0 Å². The summed E-state index contributed by atoms with van der Waals surface area (Å²) in [6.07, 6.45) is 3.20. The Morgan fingerprint density at radius 2 is 2.00 bits per heavy atom. The van der Waals surface area contributed by atoms with E-state index in [0.717, 1.165) is 5.56 Å². The van der Waals surface area contributed by atoms with Gasteiger partial charge in [0.05, 0.1) is 0 Å². The minimum Gasteiger partial charge on any atom is -0.292 e. The zero-order valence-corrected chi connectivity index (χ0v) is 7.64. The van der Waals surface area contributed by atoms with E-state index < -0.39 is 5.69 Å². The molecule has 0 saturated carbocycles. The predicted octanol–water partition coefficient (Wildman–Crippen LogP) is -0.487. The van der Waals surface area contributed by atoms with E-state index in [9.17, 15) is 4.79 Å². The summed E-state index contributed by atoms with van der Waals surface area (Å²) in [5, 5.41) is 0. The predicted molar refractivity (Wildman–Crippen MR) is 53.7 cm³/mol. The van der Waals surface area contributed by atoms with Crippen LogP contribution in [0.25, 0.3) is 11.4 Å². The molecule has 0 bridgehead atoms. The number of pyridine rings is 1.